The second-order valence-electron chi connectivity index (χ2n) is 10.3. The highest BCUT2D eigenvalue weighted by Crippen LogP contribution is 2.24. The molecule has 29 heavy (non-hydrogen) atoms. The lowest BCUT2D eigenvalue weighted by Crippen LogP contribution is -2.50. The van der Waals surface area contributed by atoms with Gasteiger partial charge in [-0.2, -0.15) is 0 Å². The topological polar surface area (TPSA) is 29.5 Å². The smallest absolute Gasteiger partial charge is 0.277 e. The van der Waals surface area contributed by atoms with Crippen molar-refractivity contribution in [2.75, 3.05) is 46.9 Å². The third-order valence-corrected chi connectivity index (χ3v) is 5.13. The lowest BCUT2D eigenvalue weighted by molar-refractivity contribution is -0.882. The summed E-state index contributed by atoms with van der Waals surface area (Å²) in [6, 6.07) is 6.49. The van der Waals surface area contributed by atoms with Gasteiger partial charge in [-0.05, 0) is 41.9 Å². The molecule has 1 aromatic carbocycles. The molecule has 1 amide bonds. The number of carbonyl (C=O) groups excluding carboxylic acids is 1. The number of hydrogen-bond acceptors (Lipinski definition) is 2. The fourth-order valence-electron chi connectivity index (χ4n) is 3.51. The van der Waals surface area contributed by atoms with Crippen LogP contribution >= 0.6 is 0 Å². The molecule has 0 aromatic heterocycles. The van der Waals surface area contributed by atoms with Gasteiger partial charge in [-0.1, -0.05) is 53.7 Å². The number of benzene rings is 1. The number of aryl methyl sites for hydroxylation is 1. The quantitative estimate of drug-likeness (QED) is 0.357. The molecule has 0 saturated heterocycles. The van der Waals surface area contributed by atoms with Gasteiger partial charge in [0.1, 0.15) is 5.75 Å². The largest absolute Gasteiger partial charge is 0.493 e. The highest BCUT2D eigenvalue weighted by atomic mass is 16.5. The normalized spacial score (nSPS) is 12.1. The summed E-state index contributed by atoms with van der Waals surface area (Å²) in [6.07, 6.45) is 0.931. The molecule has 1 aromatic rings. The Morgan fingerprint density at radius 2 is 1.62 bits per heavy atom. The van der Waals surface area contributed by atoms with E-state index in [1.54, 1.807) is 0 Å². The van der Waals surface area contributed by atoms with Crippen LogP contribution in [0.15, 0.2) is 18.2 Å². The van der Waals surface area contributed by atoms with E-state index in [9.17, 15) is 4.79 Å². The predicted octanol–water partition coefficient (Wildman–Crippen LogP) is 5.10. The lowest BCUT2D eigenvalue weighted by atomic mass is 10.0. The van der Waals surface area contributed by atoms with E-state index in [1.165, 1.54) is 11.1 Å². The molecule has 0 bridgehead atoms. The van der Waals surface area contributed by atoms with E-state index in [-0.39, 0.29) is 5.91 Å². The van der Waals surface area contributed by atoms with Crippen molar-refractivity contribution in [1.29, 1.82) is 0 Å². The standard InChI is InChI=1S/C25H45N2O2/c1-19(2)16-26(17-20(3)4)25(28)18-27(8,9)13-10-14-29-24-15-23(21(5)6)12-11-22(24)7/h11-12,15,19-21H,10,13-14,16-18H2,1-9H3/q+1. The molecule has 0 aliphatic heterocycles. The Labute approximate surface area is 179 Å². The molecule has 0 N–H and O–H groups in total. The minimum absolute atomic E-state index is 0.263. The molecular formula is C25H45N2O2+. The first-order valence-electron chi connectivity index (χ1n) is 11.2. The zero-order valence-corrected chi connectivity index (χ0v) is 20.4. The number of carbonyl (C=O) groups is 1. The van der Waals surface area contributed by atoms with Gasteiger partial charge in [-0.3, -0.25) is 4.79 Å². The van der Waals surface area contributed by atoms with Gasteiger partial charge in [-0.15, -0.1) is 0 Å². The van der Waals surface area contributed by atoms with Gasteiger partial charge in [0.2, 0.25) is 0 Å². The summed E-state index contributed by atoms with van der Waals surface area (Å²) in [5.74, 6) is 2.73. The Kier molecular flexibility index (Phi) is 10.2. The molecule has 0 aliphatic rings. The molecule has 0 fully saturated rings. The van der Waals surface area contributed by atoms with E-state index in [0.29, 0.717) is 35.4 Å². The van der Waals surface area contributed by atoms with E-state index >= 15 is 0 Å². The van der Waals surface area contributed by atoms with Crippen LogP contribution in [0.4, 0.5) is 0 Å². The lowest BCUT2D eigenvalue weighted by Gasteiger charge is -2.33. The predicted molar refractivity (Wildman–Crippen MR) is 123 cm³/mol. The van der Waals surface area contributed by atoms with E-state index in [2.05, 4.69) is 80.8 Å². The van der Waals surface area contributed by atoms with Gasteiger partial charge in [0.15, 0.2) is 6.54 Å². The maximum absolute atomic E-state index is 12.9. The van der Waals surface area contributed by atoms with Gasteiger partial charge < -0.3 is 14.1 Å². The van der Waals surface area contributed by atoms with Gasteiger partial charge >= 0.3 is 0 Å². The molecule has 0 aliphatic carbocycles. The Hall–Kier alpha value is -1.55. The number of amides is 1. The number of hydrogen-bond donors (Lipinski definition) is 0. The average Bonchev–Trinajstić information content (AvgIpc) is 2.58. The average molecular weight is 406 g/mol. The Balaban J connectivity index is 2.56. The monoisotopic (exact) mass is 405 g/mol. The van der Waals surface area contributed by atoms with E-state index < -0.39 is 0 Å². The highest BCUT2D eigenvalue weighted by Gasteiger charge is 2.25. The van der Waals surface area contributed by atoms with E-state index in [1.807, 2.05) is 4.90 Å². The maximum atomic E-state index is 12.9. The molecule has 0 spiro atoms. The SMILES string of the molecule is Cc1ccc(C(C)C)cc1OCCC[N+](C)(C)CC(=O)N(CC(C)C)CC(C)C. The van der Waals surface area contributed by atoms with E-state index in [0.717, 1.165) is 31.8 Å². The number of quaternary nitrogens is 1. The van der Waals surface area contributed by atoms with Crippen molar-refractivity contribution in [2.24, 2.45) is 11.8 Å². The Bertz CT molecular complexity index is 626. The molecule has 0 atom stereocenters. The molecule has 4 heteroatoms. The Morgan fingerprint density at radius 3 is 2.14 bits per heavy atom. The molecule has 0 unspecified atom stereocenters. The van der Waals surface area contributed by atoms with Crippen LogP contribution in [0.1, 0.15) is 65.0 Å². The summed E-state index contributed by atoms with van der Waals surface area (Å²) in [6.45, 7) is 19.0. The number of ether oxygens (including phenoxy) is 1. The maximum Gasteiger partial charge on any atom is 0.277 e. The third-order valence-electron chi connectivity index (χ3n) is 5.13. The van der Waals surface area contributed by atoms with Crippen molar-refractivity contribution in [3.05, 3.63) is 29.3 Å². The third kappa shape index (κ3) is 9.66. The Morgan fingerprint density at radius 1 is 1.03 bits per heavy atom. The van der Waals surface area contributed by atoms with Crippen molar-refractivity contribution in [2.45, 2.75) is 60.8 Å². The molecule has 166 valence electrons. The first-order valence-corrected chi connectivity index (χ1v) is 11.2. The van der Waals surface area contributed by atoms with Gasteiger partial charge in [-0.25, -0.2) is 0 Å². The second-order valence-corrected chi connectivity index (χ2v) is 10.3. The summed E-state index contributed by atoms with van der Waals surface area (Å²) in [4.78, 5) is 15.0. The van der Waals surface area contributed by atoms with Crippen LogP contribution in [0.2, 0.25) is 0 Å². The zero-order chi connectivity index (χ0) is 22.2. The number of nitrogens with zero attached hydrogens (tertiary/aromatic N) is 2. The van der Waals surface area contributed by atoms with E-state index in [4.69, 9.17) is 4.74 Å². The zero-order valence-electron chi connectivity index (χ0n) is 20.4. The van der Waals surface area contributed by atoms with Gasteiger partial charge in [0.25, 0.3) is 5.91 Å². The van der Waals surface area contributed by atoms with Crippen molar-refractivity contribution in [3.8, 4) is 5.75 Å². The second kappa shape index (κ2) is 11.6. The first kappa shape index (κ1) is 25.5. The summed E-state index contributed by atoms with van der Waals surface area (Å²) < 4.78 is 6.77. The molecule has 4 nitrogen and oxygen atoms in total. The summed E-state index contributed by atoms with van der Waals surface area (Å²) in [7, 11) is 4.29. The molecule has 0 heterocycles. The van der Waals surface area contributed by atoms with Crippen LogP contribution < -0.4 is 4.74 Å². The molecular weight excluding hydrogens is 360 g/mol. The van der Waals surface area contributed by atoms with Gasteiger partial charge in [0.05, 0.1) is 27.2 Å². The molecule has 0 saturated carbocycles. The minimum atomic E-state index is 0.263. The van der Waals surface area contributed by atoms with Crippen LogP contribution in [-0.2, 0) is 4.79 Å². The fourth-order valence-corrected chi connectivity index (χ4v) is 3.51. The number of likely N-dealkylation sites (N-methyl/N-ethyl adjacent to an activating group) is 1. The van der Waals surface area contributed by atoms with Crippen LogP contribution in [0.5, 0.6) is 5.75 Å². The fraction of sp³-hybridized carbons (Fsp3) is 0.720. The van der Waals surface area contributed by atoms with Crippen LogP contribution in [0, 0.1) is 18.8 Å². The van der Waals surface area contributed by atoms with Crippen LogP contribution in [0.25, 0.3) is 0 Å². The van der Waals surface area contributed by atoms with Crippen molar-refractivity contribution >= 4 is 5.91 Å². The first-order chi connectivity index (χ1) is 13.4. The molecule has 0 radical (unpaired) electrons. The van der Waals surface area contributed by atoms with Crippen molar-refractivity contribution in [3.63, 3.8) is 0 Å². The summed E-state index contributed by atoms with van der Waals surface area (Å²) >= 11 is 0. The summed E-state index contributed by atoms with van der Waals surface area (Å²) in [5, 5.41) is 0. The molecule has 1 rings (SSSR count). The van der Waals surface area contributed by atoms with Gasteiger partial charge in [0, 0.05) is 19.5 Å². The van der Waals surface area contributed by atoms with Crippen LogP contribution in [-0.4, -0.2) is 62.2 Å². The number of rotatable bonds is 12. The highest BCUT2D eigenvalue weighted by molar-refractivity contribution is 5.77. The van der Waals surface area contributed by atoms with Crippen LogP contribution in [0.3, 0.4) is 0 Å². The van der Waals surface area contributed by atoms with Crippen molar-refractivity contribution in [1.82, 2.24) is 4.90 Å². The summed E-state index contributed by atoms with van der Waals surface area (Å²) in [5.41, 5.74) is 2.49. The minimum Gasteiger partial charge on any atom is -0.493 e. The van der Waals surface area contributed by atoms with Crippen molar-refractivity contribution < 1.29 is 14.0 Å².